The van der Waals surface area contributed by atoms with Crippen LogP contribution >= 0.6 is 0 Å². The molecule has 1 saturated heterocycles. The van der Waals surface area contributed by atoms with Gasteiger partial charge in [-0.25, -0.2) is 4.98 Å². The van der Waals surface area contributed by atoms with Crippen molar-refractivity contribution in [2.45, 2.75) is 25.7 Å². The van der Waals surface area contributed by atoms with Gasteiger partial charge in [-0.2, -0.15) is 0 Å². The Morgan fingerprint density at radius 1 is 1.29 bits per heavy atom. The minimum atomic E-state index is 0.619. The van der Waals surface area contributed by atoms with Gasteiger partial charge < -0.3 is 19.9 Å². The third-order valence-corrected chi connectivity index (χ3v) is 5.79. The Morgan fingerprint density at radius 3 is 2.86 bits per heavy atom. The van der Waals surface area contributed by atoms with Crippen molar-refractivity contribution in [3.63, 3.8) is 0 Å². The Hall–Kier alpha value is -2.44. The van der Waals surface area contributed by atoms with Gasteiger partial charge in [-0.15, -0.1) is 0 Å². The van der Waals surface area contributed by atoms with E-state index in [4.69, 9.17) is 9.72 Å². The molecule has 0 aliphatic carbocycles. The molecule has 0 radical (unpaired) electrons. The van der Waals surface area contributed by atoms with Crippen LogP contribution in [0.15, 0.2) is 30.6 Å². The number of nitrogens with zero attached hydrogens (tertiary/aromatic N) is 3. The van der Waals surface area contributed by atoms with E-state index >= 15 is 0 Å². The number of pyridine rings is 1. The van der Waals surface area contributed by atoms with Gasteiger partial charge in [-0.1, -0.05) is 6.07 Å². The number of hydrogen-bond donors (Lipinski definition) is 2. The van der Waals surface area contributed by atoms with Gasteiger partial charge in [0.2, 0.25) is 0 Å². The molecule has 28 heavy (non-hydrogen) atoms. The molecule has 0 unspecified atom stereocenters. The standard InChI is InChI=1S/C22H29N5O/c1-15-12-17(16-5-9-27(10-6-16)11-8-23-2)13-19-21(15)26-22(25-19)18-14-24-7-4-20(18)28-3/h4,7,12-14,16,23H,5-6,8-11H2,1-3H3,(H,25,26). The fourth-order valence-electron chi connectivity index (χ4n) is 4.18. The lowest BCUT2D eigenvalue weighted by Gasteiger charge is -2.32. The zero-order valence-corrected chi connectivity index (χ0v) is 17.0. The van der Waals surface area contributed by atoms with Gasteiger partial charge in [-0.05, 0) is 69.1 Å². The Balaban J connectivity index is 1.59. The van der Waals surface area contributed by atoms with Crippen molar-refractivity contribution in [2.24, 2.45) is 0 Å². The molecule has 1 aliphatic rings. The van der Waals surface area contributed by atoms with Crippen LogP contribution in [0, 0.1) is 6.92 Å². The SMILES string of the molecule is CNCCN1CCC(c2cc(C)c3nc(-c4cnccc4OC)[nH]c3c2)CC1. The lowest BCUT2D eigenvalue weighted by molar-refractivity contribution is 0.214. The second-order valence-electron chi connectivity index (χ2n) is 7.61. The van der Waals surface area contributed by atoms with Crippen molar-refractivity contribution in [1.29, 1.82) is 0 Å². The molecule has 2 aromatic heterocycles. The van der Waals surface area contributed by atoms with Gasteiger partial charge in [0.15, 0.2) is 0 Å². The molecule has 0 atom stereocenters. The summed E-state index contributed by atoms with van der Waals surface area (Å²) in [7, 11) is 3.69. The molecule has 0 saturated carbocycles. The van der Waals surface area contributed by atoms with Crippen LogP contribution in [0.3, 0.4) is 0 Å². The summed E-state index contributed by atoms with van der Waals surface area (Å²) in [5.74, 6) is 2.21. The van der Waals surface area contributed by atoms with Crippen LogP contribution in [0.5, 0.6) is 5.75 Å². The summed E-state index contributed by atoms with van der Waals surface area (Å²) in [6.45, 7) is 6.69. The van der Waals surface area contributed by atoms with Crippen LogP contribution in [-0.4, -0.2) is 60.2 Å². The van der Waals surface area contributed by atoms with Crippen molar-refractivity contribution < 1.29 is 4.74 Å². The Labute approximate surface area is 166 Å². The van der Waals surface area contributed by atoms with Gasteiger partial charge in [0.05, 0.1) is 23.7 Å². The van der Waals surface area contributed by atoms with Gasteiger partial charge in [-0.3, -0.25) is 4.98 Å². The van der Waals surface area contributed by atoms with E-state index in [1.54, 1.807) is 19.5 Å². The molecular formula is C22H29N5O. The minimum Gasteiger partial charge on any atom is -0.496 e. The van der Waals surface area contributed by atoms with E-state index in [1.807, 2.05) is 13.1 Å². The average Bonchev–Trinajstić information content (AvgIpc) is 3.17. The number of benzene rings is 1. The van der Waals surface area contributed by atoms with Gasteiger partial charge >= 0.3 is 0 Å². The molecule has 1 aliphatic heterocycles. The zero-order valence-electron chi connectivity index (χ0n) is 17.0. The summed E-state index contributed by atoms with van der Waals surface area (Å²) in [4.78, 5) is 15.1. The number of likely N-dealkylation sites (tertiary alicyclic amines) is 1. The summed E-state index contributed by atoms with van der Waals surface area (Å²) < 4.78 is 5.47. The van der Waals surface area contributed by atoms with Crippen LogP contribution < -0.4 is 10.1 Å². The van der Waals surface area contributed by atoms with E-state index in [0.29, 0.717) is 5.92 Å². The third kappa shape index (κ3) is 3.75. The number of aromatic nitrogens is 3. The van der Waals surface area contributed by atoms with Crippen molar-refractivity contribution in [1.82, 2.24) is 25.2 Å². The van der Waals surface area contributed by atoms with Crippen molar-refractivity contribution >= 4 is 11.0 Å². The molecule has 6 nitrogen and oxygen atoms in total. The normalized spacial score (nSPS) is 16.0. The molecule has 2 N–H and O–H groups in total. The van der Waals surface area contributed by atoms with Crippen LogP contribution in [0.25, 0.3) is 22.4 Å². The van der Waals surface area contributed by atoms with E-state index in [2.05, 4.69) is 39.2 Å². The fraction of sp³-hybridized carbons (Fsp3) is 0.455. The predicted molar refractivity (Wildman–Crippen MR) is 113 cm³/mol. The first-order valence-electron chi connectivity index (χ1n) is 10.0. The first kappa shape index (κ1) is 18.9. The number of hydrogen-bond acceptors (Lipinski definition) is 5. The highest BCUT2D eigenvalue weighted by Gasteiger charge is 2.22. The number of likely N-dealkylation sites (N-methyl/N-ethyl adjacent to an activating group) is 1. The first-order valence-corrected chi connectivity index (χ1v) is 10.0. The predicted octanol–water partition coefficient (Wildman–Crippen LogP) is 3.34. The highest BCUT2D eigenvalue weighted by molar-refractivity contribution is 5.84. The average molecular weight is 380 g/mol. The Morgan fingerprint density at radius 2 is 2.11 bits per heavy atom. The first-order chi connectivity index (χ1) is 13.7. The molecule has 6 heteroatoms. The molecular weight excluding hydrogens is 350 g/mol. The fourth-order valence-corrected chi connectivity index (χ4v) is 4.18. The largest absolute Gasteiger partial charge is 0.496 e. The maximum Gasteiger partial charge on any atom is 0.143 e. The maximum atomic E-state index is 5.47. The van der Waals surface area contributed by atoms with Gasteiger partial charge in [0, 0.05) is 25.5 Å². The third-order valence-electron chi connectivity index (χ3n) is 5.79. The molecule has 148 valence electrons. The Bertz CT molecular complexity index is 943. The topological polar surface area (TPSA) is 66.1 Å². The number of imidazole rings is 1. The number of aromatic amines is 1. The van der Waals surface area contributed by atoms with E-state index in [-0.39, 0.29) is 0 Å². The molecule has 3 heterocycles. The molecule has 1 fully saturated rings. The molecule has 4 rings (SSSR count). The van der Waals surface area contributed by atoms with E-state index in [1.165, 1.54) is 37.1 Å². The number of nitrogens with one attached hydrogen (secondary N) is 2. The number of methoxy groups -OCH3 is 1. The molecule has 3 aromatic rings. The summed E-state index contributed by atoms with van der Waals surface area (Å²) in [5.41, 5.74) is 5.65. The van der Waals surface area contributed by atoms with Crippen LogP contribution in [-0.2, 0) is 0 Å². The van der Waals surface area contributed by atoms with Crippen LogP contribution in [0.1, 0.15) is 29.9 Å². The molecule has 0 bridgehead atoms. The van der Waals surface area contributed by atoms with Crippen LogP contribution in [0.4, 0.5) is 0 Å². The number of piperidine rings is 1. The lowest BCUT2D eigenvalue weighted by Crippen LogP contribution is -2.37. The summed E-state index contributed by atoms with van der Waals surface area (Å²) >= 11 is 0. The quantitative estimate of drug-likeness (QED) is 0.688. The van der Waals surface area contributed by atoms with Crippen molar-refractivity contribution in [3.05, 3.63) is 41.7 Å². The summed E-state index contributed by atoms with van der Waals surface area (Å²) in [5, 5.41) is 3.24. The second-order valence-corrected chi connectivity index (χ2v) is 7.61. The van der Waals surface area contributed by atoms with Crippen molar-refractivity contribution in [2.75, 3.05) is 40.3 Å². The minimum absolute atomic E-state index is 0.619. The van der Waals surface area contributed by atoms with E-state index in [0.717, 1.165) is 41.3 Å². The smallest absolute Gasteiger partial charge is 0.143 e. The molecule has 0 spiro atoms. The Kier molecular flexibility index (Phi) is 5.59. The number of rotatable bonds is 6. The van der Waals surface area contributed by atoms with Gasteiger partial charge in [0.25, 0.3) is 0 Å². The van der Waals surface area contributed by atoms with Crippen molar-refractivity contribution in [3.8, 4) is 17.1 Å². The summed E-state index contributed by atoms with van der Waals surface area (Å²) in [6.07, 6.45) is 5.96. The number of H-pyrrole nitrogens is 1. The number of ether oxygens (including phenoxy) is 1. The number of fused-ring (bicyclic) bond motifs is 1. The zero-order chi connectivity index (χ0) is 19.5. The highest BCUT2D eigenvalue weighted by atomic mass is 16.5. The summed E-state index contributed by atoms with van der Waals surface area (Å²) in [6, 6.07) is 6.47. The molecule has 1 aromatic carbocycles. The lowest BCUT2D eigenvalue weighted by atomic mass is 9.88. The van der Waals surface area contributed by atoms with Gasteiger partial charge in [0.1, 0.15) is 11.6 Å². The maximum absolute atomic E-state index is 5.47. The van der Waals surface area contributed by atoms with E-state index in [9.17, 15) is 0 Å². The number of aryl methyl sites for hydroxylation is 1. The van der Waals surface area contributed by atoms with E-state index < -0.39 is 0 Å². The second kappa shape index (κ2) is 8.29. The highest BCUT2D eigenvalue weighted by Crippen LogP contribution is 2.33. The monoisotopic (exact) mass is 379 g/mol. The molecule has 0 amide bonds. The van der Waals surface area contributed by atoms with Crippen LogP contribution in [0.2, 0.25) is 0 Å².